The van der Waals surface area contributed by atoms with Crippen LogP contribution in [0.15, 0.2) is 30.3 Å². The molecule has 1 aromatic carbocycles. The molecular formula is C13H19Cl2NO2. The topological polar surface area (TPSA) is 21.7 Å². The summed E-state index contributed by atoms with van der Waals surface area (Å²) in [6.45, 7) is 3.77. The van der Waals surface area contributed by atoms with Gasteiger partial charge in [0.25, 0.3) is 0 Å². The van der Waals surface area contributed by atoms with Gasteiger partial charge in [-0.1, -0.05) is 30.3 Å². The van der Waals surface area contributed by atoms with E-state index >= 15 is 0 Å². The zero-order valence-electron chi connectivity index (χ0n) is 10.3. The highest BCUT2D eigenvalue weighted by atomic mass is 35.5. The van der Waals surface area contributed by atoms with Gasteiger partial charge in [0.05, 0.1) is 12.7 Å². The smallest absolute Gasteiger partial charge is 0.147 e. The van der Waals surface area contributed by atoms with Crippen LogP contribution >= 0.6 is 24.0 Å². The number of hydrogen-bond donors (Lipinski definition) is 0. The maximum absolute atomic E-state index is 5.83. The largest absolute Gasteiger partial charge is 0.353 e. The van der Waals surface area contributed by atoms with E-state index in [1.54, 1.807) is 0 Å². The van der Waals surface area contributed by atoms with Crippen LogP contribution in [0.4, 0.5) is 0 Å². The van der Waals surface area contributed by atoms with E-state index in [4.69, 9.17) is 21.1 Å². The molecule has 102 valence electrons. The minimum absolute atomic E-state index is 0. The van der Waals surface area contributed by atoms with Crippen LogP contribution < -0.4 is 0 Å². The Morgan fingerprint density at radius 3 is 2.67 bits per heavy atom. The van der Waals surface area contributed by atoms with Crippen molar-refractivity contribution in [1.82, 2.24) is 4.90 Å². The Morgan fingerprint density at radius 2 is 2.06 bits per heavy atom. The summed E-state index contributed by atoms with van der Waals surface area (Å²) < 4.78 is 10.7. The molecule has 1 heterocycles. The highest BCUT2D eigenvalue weighted by molar-refractivity contribution is 6.18. The fourth-order valence-corrected chi connectivity index (χ4v) is 2.20. The normalized spacial score (nSPS) is 18.9. The van der Waals surface area contributed by atoms with Crippen molar-refractivity contribution in [3.05, 3.63) is 35.9 Å². The second-order valence-electron chi connectivity index (χ2n) is 4.19. The van der Waals surface area contributed by atoms with Crippen molar-refractivity contribution >= 4 is 24.0 Å². The number of halogens is 2. The van der Waals surface area contributed by atoms with E-state index in [0.29, 0.717) is 19.3 Å². The van der Waals surface area contributed by atoms with Crippen molar-refractivity contribution < 1.29 is 9.47 Å². The fraction of sp³-hybridized carbons (Fsp3) is 0.538. The lowest BCUT2D eigenvalue weighted by Crippen LogP contribution is -2.34. The van der Waals surface area contributed by atoms with Crippen LogP contribution in [0.1, 0.15) is 5.56 Å². The Hall–Kier alpha value is -0.320. The number of ether oxygens (including phenoxy) is 2. The first-order valence-electron chi connectivity index (χ1n) is 5.90. The lowest BCUT2D eigenvalue weighted by atomic mass is 10.2. The summed E-state index contributed by atoms with van der Waals surface area (Å²) in [5.74, 6) is 0.639. The standard InChI is InChI=1S/C13H18ClNO2.ClH/c14-6-7-15(9-13-10-16-11-17-13)8-12-4-2-1-3-5-12;/h1-5,13H,6-11H2;1H. The molecule has 1 atom stereocenters. The molecule has 1 unspecified atom stereocenters. The summed E-state index contributed by atoms with van der Waals surface area (Å²) >= 11 is 5.83. The summed E-state index contributed by atoms with van der Waals surface area (Å²) in [6.07, 6.45) is 0.182. The van der Waals surface area contributed by atoms with Crippen LogP contribution in [-0.2, 0) is 16.0 Å². The zero-order valence-corrected chi connectivity index (χ0v) is 11.8. The van der Waals surface area contributed by atoms with E-state index in [0.717, 1.165) is 19.6 Å². The summed E-state index contributed by atoms with van der Waals surface area (Å²) in [6, 6.07) is 10.4. The van der Waals surface area contributed by atoms with Crippen LogP contribution in [0.25, 0.3) is 0 Å². The Kier molecular flexibility index (Phi) is 7.63. The predicted octanol–water partition coefficient (Wildman–Crippen LogP) is 2.52. The Morgan fingerprint density at radius 1 is 1.28 bits per heavy atom. The molecule has 1 fully saturated rings. The molecule has 3 nitrogen and oxygen atoms in total. The van der Waals surface area contributed by atoms with Gasteiger partial charge in [0, 0.05) is 25.5 Å². The maximum Gasteiger partial charge on any atom is 0.147 e. The van der Waals surface area contributed by atoms with Gasteiger partial charge in [-0.25, -0.2) is 0 Å². The molecule has 0 bridgehead atoms. The number of rotatable bonds is 6. The van der Waals surface area contributed by atoms with Crippen LogP contribution in [0.5, 0.6) is 0 Å². The second-order valence-corrected chi connectivity index (χ2v) is 4.56. The molecule has 0 aromatic heterocycles. The van der Waals surface area contributed by atoms with Crippen molar-refractivity contribution in [3.8, 4) is 0 Å². The zero-order chi connectivity index (χ0) is 11.9. The monoisotopic (exact) mass is 291 g/mol. The SMILES string of the molecule is Cl.ClCCN(Cc1ccccc1)CC1COCO1. The lowest BCUT2D eigenvalue weighted by molar-refractivity contribution is 0.0347. The van der Waals surface area contributed by atoms with Crippen molar-refractivity contribution in [2.45, 2.75) is 12.6 Å². The summed E-state index contributed by atoms with van der Waals surface area (Å²) in [4.78, 5) is 2.31. The summed E-state index contributed by atoms with van der Waals surface area (Å²) in [5.41, 5.74) is 1.30. The first-order valence-corrected chi connectivity index (χ1v) is 6.43. The third kappa shape index (κ3) is 5.12. The molecule has 0 saturated carbocycles. The lowest BCUT2D eigenvalue weighted by Gasteiger charge is -2.23. The molecule has 5 heteroatoms. The summed E-state index contributed by atoms with van der Waals surface area (Å²) in [7, 11) is 0. The average Bonchev–Trinajstić information content (AvgIpc) is 2.83. The molecule has 1 aliphatic rings. The van der Waals surface area contributed by atoms with E-state index in [1.165, 1.54) is 5.56 Å². The van der Waals surface area contributed by atoms with Crippen molar-refractivity contribution in [3.63, 3.8) is 0 Å². The quantitative estimate of drug-likeness (QED) is 0.752. The highest BCUT2D eigenvalue weighted by Crippen LogP contribution is 2.09. The molecule has 18 heavy (non-hydrogen) atoms. The van der Waals surface area contributed by atoms with Gasteiger partial charge >= 0.3 is 0 Å². The van der Waals surface area contributed by atoms with Gasteiger partial charge in [0.1, 0.15) is 6.79 Å². The Balaban J connectivity index is 0.00000162. The number of alkyl halides is 1. The molecule has 1 aromatic rings. The van der Waals surface area contributed by atoms with Gasteiger partial charge < -0.3 is 9.47 Å². The molecule has 0 spiro atoms. The Bertz CT molecular complexity index is 318. The van der Waals surface area contributed by atoms with Crippen molar-refractivity contribution in [2.75, 3.05) is 32.4 Å². The highest BCUT2D eigenvalue weighted by Gasteiger charge is 2.19. The van der Waals surface area contributed by atoms with E-state index in [1.807, 2.05) is 6.07 Å². The molecular weight excluding hydrogens is 273 g/mol. The van der Waals surface area contributed by atoms with Gasteiger partial charge in [-0.3, -0.25) is 4.90 Å². The molecule has 0 aliphatic carbocycles. The number of nitrogens with zero attached hydrogens (tertiary/aromatic N) is 1. The van der Waals surface area contributed by atoms with Crippen LogP contribution in [-0.4, -0.2) is 43.4 Å². The van der Waals surface area contributed by atoms with Crippen molar-refractivity contribution in [1.29, 1.82) is 0 Å². The van der Waals surface area contributed by atoms with Gasteiger partial charge in [-0.2, -0.15) is 0 Å². The van der Waals surface area contributed by atoms with E-state index < -0.39 is 0 Å². The predicted molar refractivity (Wildman–Crippen MR) is 75.4 cm³/mol. The molecule has 0 radical (unpaired) electrons. The van der Waals surface area contributed by atoms with Gasteiger partial charge in [-0.05, 0) is 5.56 Å². The first kappa shape index (κ1) is 15.7. The third-order valence-corrected chi connectivity index (χ3v) is 2.97. The van der Waals surface area contributed by atoms with Crippen molar-refractivity contribution in [2.24, 2.45) is 0 Å². The Labute approximate surface area is 119 Å². The van der Waals surface area contributed by atoms with Crippen LogP contribution in [0, 0.1) is 0 Å². The minimum Gasteiger partial charge on any atom is -0.353 e. The molecule has 0 amide bonds. The van der Waals surface area contributed by atoms with Gasteiger partial charge in [0.2, 0.25) is 0 Å². The van der Waals surface area contributed by atoms with Gasteiger partial charge in [-0.15, -0.1) is 24.0 Å². The first-order chi connectivity index (χ1) is 8.38. The molecule has 0 N–H and O–H groups in total. The summed E-state index contributed by atoms with van der Waals surface area (Å²) in [5, 5.41) is 0. The van der Waals surface area contributed by atoms with Gasteiger partial charge in [0.15, 0.2) is 0 Å². The van der Waals surface area contributed by atoms with Crippen LogP contribution in [0.3, 0.4) is 0 Å². The second kappa shape index (κ2) is 8.73. The third-order valence-electron chi connectivity index (χ3n) is 2.80. The maximum atomic E-state index is 5.83. The number of benzene rings is 1. The van der Waals surface area contributed by atoms with E-state index in [9.17, 15) is 0 Å². The van der Waals surface area contributed by atoms with E-state index in [2.05, 4.69) is 29.2 Å². The van der Waals surface area contributed by atoms with Crippen LogP contribution in [0.2, 0.25) is 0 Å². The number of hydrogen-bond acceptors (Lipinski definition) is 3. The fourth-order valence-electron chi connectivity index (χ4n) is 1.96. The molecule has 1 aliphatic heterocycles. The van der Waals surface area contributed by atoms with E-state index in [-0.39, 0.29) is 18.5 Å². The average molecular weight is 292 g/mol. The minimum atomic E-state index is 0. The molecule has 2 rings (SSSR count). The molecule has 1 saturated heterocycles.